The van der Waals surface area contributed by atoms with Gasteiger partial charge in [0.05, 0.1) is 19.8 Å². The minimum atomic E-state index is -0.636. The Morgan fingerprint density at radius 1 is 1.32 bits per heavy atom. The molecule has 1 fully saturated rings. The van der Waals surface area contributed by atoms with E-state index < -0.39 is 11.7 Å². The summed E-state index contributed by atoms with van der Waals surface area (Å²) in [5.74, 6) is 1.41. The quantitative estimate of drug-likeness (QED) is 0.686. The lowest BCUT2D eigenvalue weighted by molar-refractivity contribution is -0.0479. The number of hydrogen-bond donors (Lipinski definition) is 0. The standard InChI is InChI=1S/C18H26ClNO5/c1-4-22-15-7-5-6-8-16(15)24-12-14-11-20(9-10-23-14)18(21)25-17(19)13(2)3/h5-8,13-14,17H,4,9-12H2,1-3H3. The Balaban J connectivity index is 1.86. The zero-order valence-electron chi connectivity index (χ0n) is 14.9. The largest absolute Gasteiger partial charge is 0.490 e. The summed E-state index contributed by atoms with van der Waals surface area (Å²) in [7, 11) is 0. The minimum Gasteiger partial charge on any atom is -0.490 e. The maximum absolute atomic E-state index is 12.2. The van der Waals surface area contributed by atoms with Crippen molar-refractivity contribution in [1.82, 2.24) is 4.90 Å². The number of ether oxygens (including phenoxy) is 4. The van der Waals surface area contributed by atoms with Gasteiger partial charge in [-0.05, 0) is 19.1 Å². The molecule has 2 rings (SSSR count). The highest BCUT2D eigenvalue weighted by Gasteiger charge is 2.28. The molecule has 0 bridgehead atoms. The number of halogens is 1. The van der Waals surface area contributed by atoms with E-state index >= 15 is 0 Å². The lowest BCUT2D eigenvalue weighted by Gasteiger charge is -2.33. The van der Waals surface area contributed by atoms with E-state index in [1.54, 1.807) is 4.90 Å². The Kier molecular flexibility index (Phi) is 7.65. The molecule has 2 atom stereocenters. The molecule has 0 spiro atoms. The van der Waals surface area contributed by atoms with Crippen LogP contribution in [0, 0.1) is 5.92 Å². The molecule has 1 heterocycles. The number of carbonyl (C=O) groups is 1. The zero-order chi connectivity index (χ0) is 18.2. The van der Waals surface area contributed by atoms with Gasteiger partial charge in [0.25, 0.3) is 0 Å². The van der Waals surface area contributed by atoms with Crippen molar-refractivity contribution in [2.75, 3.05) is 32.9 Å². The number of nitrogens with zero attached hydrogens (tertiary/aromatic N) is 1. The van der Waals surface area contributed by atoms with Crippen LogP contribution in [0.15, 0.2) is 24.3 Å². The minimum absolute atomic E-state index is 0.0563. The molecule has 0 N–H and O–H groups in total. The molecule has 1 aromatic carbocycles. The molecule has 1 aliphatic rings. The number of carbonyl (C=O) groups excluding carboxylic acids is 1. The van der Waals surface area contributed by atoms with Gasteiger partial charge in [-0.1, -0.05) is 37.6 Å². The van der Waals surface area contributed by atoms with Crippen molar-refractivity contribution < 1.29 is 23.7 Å². The third-order valence-electron chi connectivity index (χ3n) is 3.71. The predicted molar refractivity (Wildman–Crippen MR) is 95.4 cm³/mol. The van der Waals surface area contributed by atoms with Gasteiger partial charge in [0.15, 0.2) is 17.1 Å². The summed E-state index contributed by atoms with van der Waals surface area (Å²) >= 11 is 6.01. The van der Waals surface area contributed by atoms with Crippen LogP contribution in [0.1, 0.15) is 20.8 Å². The number of morpholine rings is 1. The number of amides is 1. The number of alkyl halides is 1. The molecule has 0 aromatic heterocycles. The van der Waals surface area contributed by atoms with Gasteiger partial charge in [-0.25, -0.2) is 4.79 Å². The average molecular weight is 372 g/mol. The Morgan fingerprint density at radius 2 is 2.00 bits per heavy atom. The highest BCUT2D eigenvalue weighted by atomic mass is 35.5. The van der Waals surface area contributed by atoms with Crippen LogP contribution in [0.4, 0.5) is 4.79 Å². The van der Waals surface area contributed by atoms with Crippen LogP contribution < -0.4 is 9.47 Å². The Morgan fingerprint density at radius 3 is 2.64 bits per heavy atom. The highest BCUT2D eigenvalue weighted by molar-refractivity contribution is 6.20. The van der Waals surface area contributed by atoms with Gasteiger partial charge in [-0.3, -0.25) is 0 Å². The molecule has 1 aliphatic heterocycles. The molecule has 0 saturated carbocycles. The van der Waals surface area contributed by atoms with E-state index in [1.807, 2.05) is 45.0 Å². The number of para-hydroxylation sites is 2. The highest BCUT2D eigenvalue weighted by Crippen LogP contribution is 2.26. The summed E-state index contributed by atoms with van der Waals surface area (Å²) in [6.07, 6.45) is -0.652. The molecule has 1 saturated heterocycles. The van der Waals surface area contributed by atoms with Gasteiger partial charge in [-0.15, -0.1) is 0 Å². The van der Waals surface area contributed by atoms with Gasteiger partial charge < -0.3 is 23.8 Å². The molecule has 25 heavy (non-hydrogen) atoms. The average Bonchev–Trinajstić information content (AvgIpc) is 2.61. The van der Waals surface area contributed by atoms with Gasteiger partial charge >= 0.3 is 6.09 Å². The van der Waals surface area contributed by atoms with E-state index in [1.165, 1.54) is 0 Å². The van der Waals surface area contributed by atoms with Crippen LogP contribution in [-0.4, -0.2) is 55.6 Å². The fourth-order valence-corrected chi connectivity index (χ4v) is 2.40. The van der Waals surface area contributed by atoms with E-state index in [9.17, 15) is 4.79 Å². The van der Waals surface area contributed by atoms with Crippen LogP contribution in [0.5, 0.6) is 11.5 Å². The monoisotopic (exact) mass is 371 g/mol. The molecule has 140 valence electrons. The fraction of sp³-hybridized carbons (Fsp3) is 0.611. The number of rotatable bonds is 7. The molecule has 7 heteroatoms. The predicted octanol–water partition coefficient (Wildman–Crippen LogP) is 3.52. The van der Waals surface area contributed by atoms with Crippen molar-refractivity contribution in [3.05, 3.63) is 24.3 Å². The first-order chi connectivity index (χ1) is 12.0. The first kappa shape index (κ1) is 19.7. The van der Waals surface area contributed by atoms with Crippen LogP contribution >= 0.6 is 11.6 Å². The Bertz CT molecular complexity index is 554. The summed E-state index contributed by atoms with van der Waals surface area (Å²) in [4.78, 5) is 13.8. The molecule has 6 nitrogen and oxygen atoms in total. The number of hydrogen-bond acceptors (Lipinski definition) is 5. The van der Waals surface area contributed by atoms with Crippen LogP contribution in [0.2, 0.25) is 0 Å². The van der Waals surface area contributed by atoms with Crippen LogP contribution in [0.25, 0.3) is 0 Å². The van der Waals surface area contributed by atoms with Crippen molar-refractivity contribution in [3.8, 4) is 11.5 Å². The summed E-state index contributed by atoms with van der Waals surface area (Å²) in [6.45, 7) is 7.92. The first-order valence-electron chi connectivity index (χ1n) is 8.57. The molecule has 2 unspecified atom stereocenters. The lowest BCUT2D eigenvalue weighted by Crippen LogP contribution is -2.48. The summed E-state index contributed by atoms with van der Waals surface area (Å²) in [5, 5.41) is 0. The Hall–Kier alpha value is -1.66. The zero-order valence-corrected chi connectivity index (χ0v) is 15.7. The van der Waals surface area contributed by atoms with Gasteiger partial charge in [-0.2, -0.15) is 0 Å². The van der Waals surface area contributed by atoms with E-state index in [-0.39, 0.29) is 12.0 Å². The van der Waals surface area contributed by atoms with E-state index in [2.05, 4.69) is 0 Å². The topological polar surface area (TPSA) is 57.2 Å². The summed E-state index contributed by atoms with van der Waals surface area (Å²) in [6, 6.07) is 7.48. The first-order valence-corrected chi connectivity index (χ1v) is 9.00. The molecule has 1 amide bonds. The van der Waals surface area contributed by atoms with E-state index in [4.69, 9.17) is 30.5 Å². The van der Waals surface area contributed by atoms with Crippen molar-refractivity contribution in [2.45, 2.75) is 32.4 Å². The van der Waals surface area contributed by atoms with Crippen molar-refractivity contribution in [2.24, 2.45) is 5.92 Å². The third kappa shape index (κ3) is 5.97. The maximum Gasteiger partial charge on any atom is 0.411 e. The van der Waals surface area contributed by atoms with Crippen LogP contribution in [0.3, 0.4) is 0 Å². The third-order valence-corrected chi connectivity index (χ3v) is 4.30. The number of benzene rings is 1. The lowest BCUT2D eigenvalue weighted by atomic mass is 10.2. The molecule has 0 radical (unpaired) electrons. The van der Waals surface area contributed by atoms with Gasteiger partial charge in [0, 0.05) is 12.5 Å². The fourth-order valence-electron chi connectivity index (χ4n) is 2.32. The maximum atomic E-state index is 12.2. The second kappa shape index (κ2) is 9.73. The summed E-state index contributed by atoms with van der Waals surface area (Å²) < 4.78 is 22.3. The normalized spacial score (nSPS) is 18.8. The van der Waals surface area contributed by atoms with Crippen molar-refractivity contribution in [3.63, 3.8) is 0 Å². The van der Waals surface area contributed by atoms with E-state index in [0.29, 0.717) is 44.4 Å². The van der Waals surface area contributed by atoms with Crippen LogP contribution in [-0.2, 0) is 9.47 Å². The van der Waals surface area contributed by atoms with Gasteiger partial charge in [0.1, 0.15) is 12.7 Å². The van der Waals surface area contributed by atoms with Gasteiger partial charge in [0.2, 0.25) is 0 Å². The van der Waals surface area contributed by atoms with E-state index in [0.717, 1.165) is 0 Å². The molecular weight excluding hydrogens is 346 g/mol. The Labute approximate surface area is 153 Å². The van der Waals surface area contributed by atoms with Crippen molar-refractivity contribution in [1.29, 1.82) is 0 Å². The van der Waals surface area contributed by atoms with Crippen molar-refractivity contribution >= 4 is 17.7 Å². The second-order valence-electron chi connectivity index (χ2n) is 6.11. The SMILES string of the molecule is CCOc1ccccc1OCC1CN(C(=O)OC(Cl)C(C)C)CCO1. The second-order valence-corrected chi connectivity index (χ2v) is 6.54. The molecule has 1 aromatic rings. The molecular formula is C18H26ClNO5. The smallest absolute Gasteiger partial charge is 0.411 e. The summed E-state index contributed by atoms with van der Waals surface area (Å²) in [5.41, 5.74) is -0.636. The molecule has 0 aliphatic carbocycles.